The number of halogens is 1. The number of aromatic amines is 1. The molecule has 10 nitrogen and oxygen atoms in total. The molecule has 0 aliphatic carbocycles. The van der Waals surface area contributed by atoms with Crippen LogP contribution in [0.1, 0.15) is 24.6 Å². The Morgan fingerprint density at radius 2 is 1.89 bits per heavy atom. The van der Waals surface area contributed by atoms with Crippen molar-refractivity contribution in [2.45, 2.75) is 19.8 Å². The fourth-order valence-corrected chi connectivity index (χ4v) is 4.20. The number of imidazole rings is 1. The molecule has 4 aromatic rings. The Hall–Kier alpha value is -4.22. The Balaban J connectivity index is 1.44. The summed E-state index contributed by atoms with van der Waals surface area (Å²) in [7, 11) is 3.41. The molecule has 0 spiro atoms. The van der Waals surface area contributed by atoms with E-state index < -0.39 is 11.7 Å². The Bertz CT molecular complexity index is 1400. The van der Waals surface area contributed by atoms with Crippen LogP contribution in [0.25, 0.3) is 22.6 Å². The number of ether oxygens (including phenoxy) is 2. The van der Waals surface area contributed by atoms with E-state index in [9.17, 15) is 9.18 Å². The Morgan fingerprint density at radius 1 is 1.13 bits per heavy atom. The van der Waals surface area contributed by atoms with E-state index in [4.69, 9.17) is 14.5 Å². The lowest BCUT2D eigenvalue weighted by Crippen LogP contribution is -2.48. The maximum absolute atomic E-state index is 13.7. The van der Waals surface area contributed by atoms with Crippen LogP contribution in [-0.2, 0) is 20.8 Å². The van der Waals surface area contributed by atoms with E-state index in [1.807, 2.05) is 19.1 Å². The molecule has 2 N–H and O–H groups in total. The zero-order chi connectivity index (χ0) is 26.7. The molecule has 0 bridgehead atoms. The zero-order valence-electron chi connectivity index (χ0n) is 21.3. The largest absolute Gasteiger partial charge is 0.350 e. The molecule has 1 saturated heterocycles. The first-order valence-electron chi connectivity index (χ1n) is 12.1. The van der Waals surface area contributed by atoms with Gasteiger partial charge in [-0.05, 0) is 48.9 Å². The number of hydrogen-bond acceptors (Lipinski definition) is 8. The lowest BCUT2D eigenvalue weighted by atomic mass is 9.90. The van der Waals surface area contributed by atoms with Crippen LogP contribution in [0.3, 0.4) is 0 Å². The normalized spacial score (nSPS) is 19.2. The molecule has 1 aliphatic heterocycles. The van der Waals surface area contributed by atoms with Gasteiger partial charge in [0.2, 0.25) is 18.1 Å². The summed E-state index contributed by atoms with van der Waals surface area (Å²) in [6.45, 7) is 2.66. The highest BCUT2D eigenvalue weighted by Gasteiger charge is 2.41. The summed E-state index contributed by atoms with van der Waals surface area (Å²) in [5.74, 6) is 0.423. The van der Waals surface area contributed by atoms with E-state index in [1.54, 1.807) is 50.9 Å². The molecule has 3 aromatic heterocycles. The van der Waals surface area contributed by atoms with E-state index >= 15 is 0 Å². The molecule has 0 saturated carbocycles. The van der Waals surface area contributed by atoms with Crippen LogP contribution in [0.4, 0.5) is 10.3 Å². The predicted octanol–water partition coefficient (Wildman–Crippen LogP) is 3.82. The smallest absolute Gasteiger partial charge is 0.232 e. The van der Waals surface area contributed by atoms with Gasteiger partial charge < -0.3 is 24.7 Å². The summed E-state index contributed by atoms with van der Waals surface area (Å²) in [5.41, 5.74) is 2.62. The van der Waals surface area contributed by atoms with Gasteiger partial charge in [0, 0.05) is 44.8 Å². The minimum atomic E-state index is -0.809. The topological polar surface area (TPSA) is 118 Å². The molecule has 0 unspecified atom stereocenters. The third kappa shape index (κ3) is 5.38. The quantitative estimate of drug-likeness (QED) is 0.380. The van der Waals surface area contributed by atoms with Crippen molar-refractivity contribution in [2.24, 2.45) is 5.41 Å². The van der Waals surface area contributed by atoms with Crippen molar-refractivity contribution >= 4 is 11.9 Å². The van der Waals surface area contributed by atoms with Crippen LogP contribution >= 0.6 is 0 Å². The van der Waals surface area contributed by atoms with Gasteiger partial charge in [-0.25, -0.2) is 19.3 Å². The van der Waals surface area contributed by atoms with E-state index in [1.165, 1.54) is 17.0 Å². The van der Waals surface area contributed by atoms with Gasteiger partial charge in [0.25, 0.3) is 0 Å². The highest BCUT2D eigenvalue weighted by molar-refractivity contribution is 5.82. The van der Waals surface area contributed by atoms with Crippen molar-refractivity contribution in [3.8, 4) is 22.6 Å². The van der Waals surface area contributed by atoms with Gasteiger partial charge in [-0.1, -0.05) is 6.07 Å². The van der Waals surface area contributed by atoms with Gasteiger partial charge in [0.15, 0.2) is 5.82 Å². The number of pyridine rings is 1. The van der Waals surface area contributed by atoms with Crippen LogP contribution in [-0.4, -0.2) is 63.0 Å². The number of carbonyl (C=O) groups excluding carboxylic acids is 1. The summed E-state index contributed by atoms with van der Waals surface area (Å²) in [4.78, 5) is 35.3. The maximum atomic E-state index is 13.7. The number of nitrogens with zero attached hydrogens (tertiary/aromatic N) is 5. The summed E-state index contributed by atoms with van der Waals surface area (Å²) in [6, 6.07) is 11.6. The molecule has 0 atom stereocenters. The third-order valence-electron chi connectivity index (χ3n) is 6.18. The summed E-state index contributed by atoms with van der Waals surface area (Å²) < 4.78 is 25.6. The van der Waals surface area contributed by atoms with Crippen molar-refractivity contribution < 1.29 is 18.7 Å². The van der Waals surface area contributed by atoms with Gasteiger partial charge >= 0.3 is 0 Å². The lowest BCUT2D eigenvalue weighted by Gasteiger charge is -2.36. The first kappa shape index (κ1) is 25.4. The average molecular weight is 518 g/mol. The third-order valence-corrected chi connectivity index (χ3v) is 6.18. The molecule has 196 valence electrons. The molecule has 1 aliphatic rings. The average Bonchev–Trinajstić information content (AvgIpc) is 3.38. The van der Waals surface area contributed by atoms with E-state index in [-0.39, 0.29) is 24.9 Å². The zero-order valence-corrected chi connectivity index (χ0v) is 21.3. The minimum absolute atomic E-state index is 0.0737. The molecule has 38 heavy (non-hydrogen) atoms. The summed E-state index contributed by atoms with van der Waals surface area (Å²) >= 11 is 0. The predicted molar refractivity (Wildman–Crippen MR) is 138 cm³/mol. The number of anilines is 1. The van der Waals surface area contributed by atoms with Crippen LogP contribution < -0.4 is 5.32 Å². The Kier molecular flexibility index (Phi) is 7.12. The molecule has 1 amide bonds. The van der Waals surface area contributed by atoms with Crippen molar-refractivity contribution in [1.82, 2.24) is 29.8 Å². The van der Waals surface area contributed by atoms with Crippen LogP contribution in [0, 0.1) is 11.2 Å². The number of benzene rings is 1. The highest BCUT2D eigenvalue weighted by atomic mass is 19.1. The molecule has 11 heteroatoms. The fourth-order valence-electron chi connectivity index (χ4n) is 4.20. The first-order valence-corrected chi connectivity index (χ1v) is 12.1. The Labute approximate surface area is 219 Å². The lowest BCUT2D eigenvalue weighted by molar-refractivity contribution is -0.233. The first-order chi connectivity index (χ1) is 18.3. The maximum Gasteiger partial charge on any atom is 0.232 e. The van der Waals surface area contributed by atoms with Gasteiger partial charge in [0.1, 0.15) is 5.82 Å². The van der Waals surface area contributed by atoms with Gasteiger partial charge in [0.05, 0.1) is 35.7 Å². The standard InChI is InChI=1S/C27H28FN7O3/c1-27(25(36)35(2)3)15-37-24(38-16-27)23-33-21(18-6-8-19(28)9-7-18)22(34-23)20-10-12-30-26(32-20)31-14-17-5-4-11-29-13-17/h4-13,24H,14-16H2,1-3H3,(H,33,34)(H,30,31,32). The van der Waals surface area contributed by atoms with Crippen LogP contribution in [0.5, 0.6) is 0 Å². The number of rotatable bonds is 7. The second-order valence-electron chi connectivity index (χ2n) is 9.55. The molecule has 1 fully saturated rings. The molecule has 0 radical (unpaired) electrons. The molecule has 5 rings (SSSR count). The molecular formula is C27H28FN7O3. The number of nitrogens with one attached hydrogen (secondary N) is 2. The molecule has 1 aromatic carbocycles. The second-order valence-corrected chi connectivity index (χ2v) is 9.55. The number of amides is 1. The number of carbonyl (C=O) groups is 1. The van der Waals surface area contributed by atoms with Gasteiger partial charge in [-0.15, -0.1) is 0 Å². The minimum Gasteiger partial charge on any atom is -0.350 e. The molecular weight excluding hydrogens is 489 g/mol. The van der Waals surface area contributed by atoms with E-state index in [0.29, 0.717) is 41.0 Å². The van der Waals surface area contributed by atoms with Crippen molar-refractivity contribution in [3.05, 3.63) is 78.3 Å². The summed E-state index contributed by atoms with van der Waals surface area (Å²) in [6.07, 6.45) is 4.32. The van der Waals surface area contributed by atoms with E-state index in [2.05, 4.69) is 25.3 Å². The van der Waals surface area contributed by atoms with E-state index in [0.717, 1.165) is 5.56 Å². The highest BCUT2D eigenvalue weighted by Crippen LogP contribution is 2.36. The molecule has 4 heterocycles. The number of H-pyrrole nitrogens is 1. The monoisotopic (exact) mass is 517 g/mol. The summed E-state index contributed by atoms with van der Waals surface area (Å²) in [5, 5.41) is 3.21. The number of hydrogen-bond donors (Lipinski definition) is 2. The number of aromatic nitrogens is 5. The van der Waals surface area contributed by atoms with Crippen molar-refractivity contribution in [3.63, 3.8) is 0 Å². The second kappa shape index (κ2) is 10.6. The van der Waals surface area contributed by atoms with Crippen LogP contribution in [0.15, 0.2) is 61.1 Å². The van der Waals surface area contributed by atoms with Crippen LogP contribution in [0.2, 0.25) is 0 Å². The van der Waals surface area contributed by atoms with Gasteiger partial charge in [-0.2, -0.15) is 0 Å². The van der Waals surface area contributed by atoms with Crippen molar-refractivity contribution in [1.29, 1.82) is 0 Å². The Morgan fingerprint density at radius 3 is 2.58 bits per heavy atom. The van der Waals surface area contributed by atoms with Gasteiger partial charge in [-0.3, -0.25) is 9.78 Å². The SMILES string of the molecule is CN(C)C(=O)C1(C)COC(c2nc(-c3ccc(F)cc3)c(-c3ccnc(NCc4cccnc4)n3)[nH]2)OC1. The van der Waals surface area contributed by atoms with Crippen molar-refractivity contribution in [2.75, 3.05) is 32.6 Å². The fraction of sp³-hybridized carbons (Fsp3) is 0.296.